The fourth-order valence-electron chi connectivity index (χ4n) is 2.81. The zero-order valence-electron chi connectivity index (χ0n) is 15.3. The quantitative estimate of drug-likeness (QED) is 0.510. The third-order valence-corrected chi connectivity index (χ3v) is 5.75. The summed E-state index contributed by atoms with van der Waals surface area (Å²) in [6, 6.07) is 10.7. The van der Waals surface area contributed by atoms with Crippen LogP contribution in [0.15, 0.2) is 47.4 Å². The van der Waals surface area contributed by atoms with Gasteiger partial charge in [0.25, 0.3) is 5.69 Å². The number of hydrogen-bond acceptors (Lipinski definition) is 7. The Labute approximate surface area is 162 Å². The van der Waals surface area contributed by atoms with Crippen LogP contribution in [0.3, 0.4) is 0 Å². The largest absolute Gasteiger partial charge is 0.491 e. The third-order valence-electron chi connectivity index (χ3n) is 4.34. The number of nitro groups is 1. The Morgan fingerprint density at radius 3 is 2.61 bits per heavy atom. The maximum absolute atomic E-state index is 11.9. The van der Waals surface area contributed by atoms with Crippen molar-refractivity contribution in [3.05, 3.63) is 52.6 Å². The highest BCUT2D eigenvalue weighted by Crippen LogP contribution is 2.30. The van der Waals surface area contributed by atoms with Gasteiger partial charge in [0.15, 0.2) is 0 Å². The lowest BCUT2D eigenvalue weighted by Gasteiger charge is -2.12. The monoisotopic (exact) mass is 407 g/mol. The van der Waals surface area contributed by atoms with Crippen molar-refractivity contribution in [3.8, 4) is 5.75 Å². The predicted molar refractivity (Wildman–Crippen MR) is 104 cm³/mol. The van der Waals surface area contributed by atoms with E-state index in [0.717, 1.165) is 25.5 Å². The van der Waals surface area contributed by atoms with Gasteiger partial charge in [0.1, 0.15) is 18.0 Å². The first-order valence-corrected chi connectivity index (χ1v) is 10.2. The number of benzene rings is 2. The van der Waals surface area contributed by atoms with Gasteiger partial charge in [-0.3, -0.25) is 10.1 Å². The standard InChI is InChI=1S/C18H21N3O6S/c1-19-28(24,25)16-8-9-17(18(11-16)21(22)23)20-13-4-6-14(7-5-13)27-12-15-3-2-10-26-15/h4-9,11,15,19-20H,2-3,10,12H2,1H3. The molecule has 2 aromatic rings. The van der Waals surface area contributed by atoms with Crippen LogP contribution in [-0.2, 0) is 14.8 Å². The maximum Gasteiger partial charge on any atom is 0.294 e. The molecule has 0 spiro atoms. The number of hydrogen-bond donors (Lipinski definition) is 2. The summed E-state index contributed by atoms with van der Waals surface area (Å²) in [5.74, 6) is 0.672. The molecule has 1 atom stereocenters. The molecule has 1 saturated heterocycles. The molecule has 1 heterocycles. The van der Waals surface area contributed by atoms with Gasteiger partial charge in [0.2, 0.25) is 10.0 Å². The molecule has 1 unspecified atom stereocenters. The fourth-order valence-corrected chi connectivity index (χ4v) is 3.56. The highest BCUT2D eigenvalue weighted by molar-refractivity contribution is 7.89. The van der Waals surface area contributed by atoms with E-state index in [1.54, 1.807) is 24.3 Å². The smallest absolute Gasteiger partial charge is 0.294 e. The van der Waals surface area contributed by atoms with Crippen molar-refractivity contribution in [3.63, 3.8) is 0 Å². The molecule has 1 aliphatic heterocycles. The Hall–Kier alpha value is -2.69. The Bertz CT molecular complexity index is 940. The molecule has 0 aliphatic carbocycles. The topological polar surface area (TPSA) is 120 Å². The van der Waals surface area contributed by atoms with E-state index in [2.05, 4.69) is 10.0 Å². The van der Waals surface area contributed by atoms with E-state index in [0.29, 0.717) is 18.0 Å². The van der Waals surface area contributed by atoms with E-state index < -0.39 is 14.9 Å². The van der Waals surface area contributed by atoms with Gasteiger partial charge in [0, 0.05) is 18.4 Å². The van der Waals surface area contributed by atoms with Gasteiger partial charge < -0.3 is 14.8 Å². The van der Waals surface area contributed by atoms with Crippen LogP contribution in [0, 0.1) is 10.1 Å². The maximum atomic E-state index is 11.9. The van der Waals surface area contributed by atoms with Gasteiger partial charge in [-0.2, -0.15) is 0 Å². The van der Waals surface area contributed by atoms with Crippen LogP contribution in [0.4, 0.5) is 17.1 Å². The Morgan fingerprint density at radius 1 is 1.25 bits per heavy atom. The van der Waals surface area contributed by atoms with Gasteiger partial charge >= 0.3 is 0 Å². The minimum absolute atomic E-state index is 0.118. The second-order valence-electron chi connectivity index (χ2n) is 6.24. The number of sulfonamides is 1. The molecule has 0 saturated carbocycles. The Morgan fingerprint density at radius 2 is 2.00 bits per heavy atom. The van der Waals surface area contributed by atoms with E-state index in [1.807, 2.05) is 0 Å². The van der Waals surface area contributed by atoms with Crippen molar-refractivity contribution in [1.29, 1.82) is 0 Å². The summed E-state index contributed by atoms with van der Waals surface area (Å²) < 4.78 is 37.1. The number of rotatable bonds is 8. The van der Waals surface area contributed by atoms with Crippen LogP contribution >= 0.6 is 0 Å². The first kappa shape index (κ1) is 20.1. The number of nitro benzene ring substituents is 1. The first-order chi connectivity index (χ1) is 13.4. The van der Waals surface area contributed by atoms with Crippen LogP contribution in [0.25, 0.3) is 0 Å². The number of ether oxygens (including phenoxy) is 2. The zero-order chi connectivity index (χ0) is 20.1. The molecule has 2 aromatic carbocycles. The van der Waals surface area contributed by atoms with Crippen molar-refractivity contribution in [2.45, 2.75) is 23.8 Å². The van der Waals surface area contributed by atoms with Crippen LogP contribution in [0.2, 0.25) is 0 Å². The fraction of sp³-hybridized carbons (Fsp3) is 0.333. The number of anilines is 2. The Balaban J connectivity index is 1.72. The lowest BCUT2D eigenvalue weighted by Crippen LogP contribution is -2.18. The van der Waals surface area contributed by atoms with Crippen molar-refractivity contribution in [2.24, 2.45) is 0 Å². The predicted octanol–water partition coefficient (Wildman–Crippen LogP) is 2.80. The first-order valence-electron chi connectivity index (χ1n) is 8.72. The summed E-state index contributed by atoms with van der Waals surface area (Å²) in [7, 11) is -2.53. The van der Waals surface area contributed by atoms with Crippen molar-refractivity contribution in [1.82, 2.24) is 4.72 Å². The van der Waals surface area contributed by atoms with E-state index >= 15 is 0 Å². The second-order valence-corrected chi connectivity index (χ2v) is 8.13. The van der Waals surface area contributed by atoms with E-state index in [1.165, 1.54) is 19.2 Å². The molecule has 0 radical (unpaired) electrons. The molecule has 0 bridgehead atoms. The zero-order valence-corrected chi connectivity index (χ0v) is 16.1. The second kappa shape index (κ2) is 8.55. The number of nitrogens with one attached hydrogen (secondary N) is 2. The highest BCUT2D eigenvalue weighted by Gasteiger charge is 2.20. The van der Waals surface area contributed by atoms with Gasteiger partial charge in [-0.1, -0.05) is 0 Å². The molecule has 10 heteroatoms. The molecular weight excluding hydrogens is 386 g/mol. The van der Waals surface area contributed by atoms with Gasteiger partial charge in [-0.25, -0.2) is 13.1 Å². The summed E-state index contributed by atoms with van der Waals surface area (Å²) in [4.78, 5) is 10.6. The van der Waals surface area contributed by atoms with Gasteiger partial charge in [-0.15, -0.1) is 0 Å². The molecule has 28 heavy (non-hydrogen) atoms. The molecule has 1 aliphatic rings. The third kappa shape index (κ3) is 4.77. The minimum Gasteiger partial charge on any atom is -0.491 e. The molecule has 2 N–H and O–H groups in total. The Kier molecular flexibility index (Phi) is 6.12. The van der Waals surface area contributed by atoms with Crippen LogP contribution < -0.4 is 14.8 Å². The van der Waals surface area contributed by atoms with E-state index in [-0.39, 0.29) is 22.4 Å². The lowest BCUT2D eigenvalue weighted by molar-refractivity contribution is -0.384. The summed E-state index contributed by atoms with van der Waals surface area (Å²) in [5.41, 5.74) is 0.458. The van der Waals surface area contributed by atoms with Crippen LogP contribution in [-0.4, -0.2) is 39.7 Å². The van der Waals surface area contributed by atoms with Crippen molar-refractivity contribution in [2.75, 3.05) is 25.6 Å². The summed E-state index contributed by atoms with van der Waals surface area (Å²) >= 11 is 0. The summed E-state index contributed by atoms with van der Waals surface area (Å²) in [6.07, 6.45) is 2.15. The average Bonchev–Trinajstić information content (AvgIpc) is 3.21. The highest BCUT2D eigenvalue weighted by atomic mass is 32.2. The normalized spacial score (nSPS) is 16.7. The van der Waals surface area contributed by atoms with E-state index in [9.17, 15) is 18.5 Å². The molecule has 150 valence electrons. The van der Waals surface area contributed by atoms with Crippen molar-refractivity contribution < 1.29 is 22.8 Å². The number of nitrogens with zero attached hydrogens (tertiary/aromatic N) is 1. The molecule has 3 rings (SSSR count). The average molecular weight is 407 g/mol. The summed E-state index contributed by atoms with van der Waals surface area (Å²) in [5, 5.41) is 14.3. The SMILES string of the molecule is CNS(=O)(=O)c1ccc(Nc2ccc(OCC3CCCO3)cc2)c([N+](=O)[O-])c1. The molecule has 1 fully saturated rings. The molecule has 9 nitrogen and oxygen atoms in total. The van der Waals surface area contributed by atoms with Gasteiger partial charge in [0.05, 0.1) is 15.9 Å². The van der Waals surface area contributed by atoms with Crippen LogP contribution in [0.5, 0.6) is 5.75 Å². The molecule has 0 aromatic heterocycles. The summed E-state index contributed by atoms with van der Waals surface area (Å²) in [6.45, 7) is 1.25. The lowest BCUT2D eigenvalue weighted by atomic mass is 10.2. The van der Waals surface area contributed by atoms with Crippen LogP contribution in [0.1, 0.15) is 12.8 Å². The van der Waals surface area contributed by atoms with Gasteiger partial charge in [-0.05, 0) is 56.3 Å². The molecular formula is C18H21N3O6S. The minimum atomic E-state index is -3.77. The van der Waals surface area contributed by atoms with Crippen molar-refractivity contribution >= 4 is 27.1 Å². The molecule has 0 amide bonds. The van der Waals surface area contributed by atoms with E-state index in [4.69, 9.17) is 9.47 Å².